The van der Waals surface area contributed by atoms with Crippen molar-refractivity contribution in [3.05, 3.63) is 107 Å². The molecule has 1 saturated heterocycles. The molecular formula is C31H27N3O4S. The second-order valence-corrected chi connectivity index (χ2v) is 10.1. The normalized spacial score (nSPS) is 14.2. The quantitative estimate of drug-likeness (QED) is 0.274. The Labute approximate surface area is 231 Å². The van der Waals surface area contributed by atoms with E-state index in [-0.39, 0.29) is 11.4 Å². The number of amides is 3. The number of methoxy groups -OCH3 is 1. The summed E-state index contributed by atoms with van der Waals surface area (Å²) in [6.07, 6.45) is 1.73. The molecule has 1 aliphatic heterocycles. The SMILES string of the molecule is COc1ccc(NC(=O)CN2C(=O)S/C(=C\c3cc(C)n(-c4ccc(-c5ccccc5)cc4)c3C)C2=O)cc1. The van der Waals surface area contributed by atoms with Crippen molar-refractivity contribution in [3.63, 3.8) is 0 Å². The van der Waals surface area contributed by atoms with E-state index in [1.807, 2.05) is 38.1 Å². The molecule has 0 aliphatic carbocycles. The number of benzene rings is 3. The number of ether oxygens (including phenoxy) is 1. The van der Waals surface area contributed by atoms with Gasteiger partial charge >= 0.3 is 0 Å². The van der Waals surface area contributed by atoms with Crippen LogP contribution in [0.1, 0.15) is 17.0 Å². The van der Waals surface area contributed by atoms with Crippen LogP contribution in [0.15, 0.2) is 89.8 Å². The minimum absolute atomic E-state index is 0.289. The molecule has 0 atom stereocenters. The predicted molar refractivity (Wildman–Crippen MR) is 155 cm³/mol. The van der Waals surface area contributed by atoms with Crippen LogP contribution in [0.2, 0.25) is 0 Å². The molecule has 0 bridgehead atoms. The Morgan fingerprint density at radius 3 is 2.26 bits per heavy atom. The minimum atomic E-state index is -0.480. The van der Waals surface area contributed by atoms with E-state index in [4.69, 9.17) is 4.74 Å². The maximum atomic E-state index is 13.0. The smallest absolute Gasteiger partial charge is 0.294 e. The van der Waals surface area contributed by atoms with Crippen molar-refractivity contribution in [3.8, 4) is 22.6 Å². The lowest BCUT2D eigenvalue weighted by molar-refractivity contribution is -0.127. The number of nitrogens with zero attached hydrogens (tertiary/aromatic N) is 2. The highest BCUT2D eigenvalue weighted by molar-refractivity contribution is 8.18. The average Bonchev–Trinajstić information content (AvgIpc) is 3.38. The van der Waals surface area contributed by atoms with Crippen LogP contribution in [0.3, 0.4) is 0 Å². The summed E-state index contributed by atoms with van der Waals surface area (Å²) in [6, 6.07) is 27.3. The highest BCUT2D eigenvalue weighted by atomic mass is 32.2. The molecule has 0 radical (unpaired) electrons. The molecule has 5 rings (SSSR count). The van der Waals surface area contributed by atoms with Crippen LogP contribution in [0.5, 0.6) is 5.75 Å². The van der Waals surface area contributed by atoms with Gasteiger partial charge in [-0.1, -0.05) is 42.5 Å². The van der Waals surface area contributed by atoms with Gasteiger partial charge in [0.1, 0.15) is 12.3 Å². The fraction of sp³-hybridized carbons (Fsp3) is 0.129. The first kappa shape index (κ1) is 26.1. The van der Waals surface area contributed by atoms with Crippen LogP contribution in [0.25, 0.3) is 22.9 Å². The molecule has 4 aromatic rings. The third kappa shape index (κ3) is 5.51. The second kappa shape index (κ2) is 11.0. The van der Waals surface area contributed by atoms with Gasteiger partial charge in [0.25, 0.3) is 11.1 Å². The van der Waals surface area contributed by atoms with Gasteiger partial charge in [-0.2, -0.15) is 0 Å². The number of aryl methyl sites for hydroxylation is 1. The van der Waals surface area contributed by atoms with E-state index in [0.717, 1.165) is 50.4 Å². The van der Waals surface area contributed by atoms with Crippen LogP contribution in [-0.2, 0) is 9.59 Å². The molecule has 1 N–H and O–H groups in total. The second-order valence-electron chi connectivity index (χ2n) is 9.12. The van der Waals surface area contributed by atoms with E-state index < -0.39 is 17.1 Å². The van der Waals surface area contributed by atoms with Crippen molar-refractivity contribution in [2.75, 3.05) is 19.0 Å². The van der Waals surface area contributed by atoms with Gasteiger partial charge < -0.3 is 14.6 Å². The van der Waals surface area contributed by atoms with E-state index in [2.05, 4.69) is 46.3 Å². The van der Waals surface area contributed by atoms with Gasteiger partial charge in [0, 0.05) is 22.8 Å². The van der Waals surface area contributed by atoms with Gasteiger partial charge in [-0.3, -0.25) is 19.3 Å². The first-order valence-electron chi connectivity index (χ1n) is 12.4. The summed E-state index contributed by atoms with van der Waals surface area (Å²) in [5.74, 6) is -0.277. The van der Waals surface area contributed by atoms with E-state index in [9.17, 15) is 14.4 Å². The molecule has 3 amide bonds. The zero-order valence-electron chi connectivity index (χ0n) is 21.8. The number of hydrogen-bond donors (Lipinski definition) is 1. The van der Waals surface area contributed by atoms with Gasteiger partial charge in [0.15, 0.2) is 0 Å². The van der Waals surface area contributed by atoms with Gasteiger partial charge in [-0.05, 0) is 90.8 Å². The number of aromatic nitrogens is 1. The zero-order chi connectivity index (χ0) is 27.5. The molecule has 8 heteroatoms. The number of carbonyl (C=O) groups is 3. The van der Waals surface area contributed by atoms with Gasteiger partial charge in [-0.15, -0.1) is 0 Å². The Balaban J connectivity index is 1.31. The Kier molecular flexibility index (Phi) is 7.38. The molecule has 1 aromatic heterocycles. The maximum Gasteiger partial charge on any atom is 0.294 e. The highest BCUT2D eigenvalue weighted by Crippen LogP contribution is 2.34. The Morgan fingerprint density at radius 2 is 1.59 bits per heavy atom. The van der Waals surface area contributed by atoms with Crippen LogP contribution < -0.4 is 10.1 Å². The number of carbonyl (C=O) groups excluding carboxylic acids is 3. The van der Waals surface area contributed by atoms with Crippen LogP contribution in [0, 0.1) is 13.8 Å². The Morgan fingerprint density at radius 1 is 0.923 bits per heavy atom. The fourth-order valence-corrected chi connectivity index (χ4v) is 5.39. The van der Waals surface area contributed by atoms with Gasteiger partial charge in [-0.25, -0.2) is 0 Å². The molecule has 0 unspecified atom stereocenters. The number of hydrogen-bond acceptors (Lipinski definition) is 5. The lowest BCUT2D eigenvalue weighted by atomic mass is 10.1. The topological polar surface area (TPSA) is 80.6 Å². The summed E-state index contributed by atoms with van der Waals surface area (Å²) in [6.45, 7) is 3.63. The number of anilines is 1. The maximum absolute atomic E-state index is 13.0. The Hall–Kier alpha value is -4.56. The summed E-state index contributed by atoms with van der Waals surface area (Å²) in [5.41, 5.74) is 6.63. The van der Waals surface area contributed by atoms with Crippen molar-refractivity contribution in [2.45, 2.75) is 13.8 Å². The summed E-state index contributed by atoms with van der Waals surface area (Å²) >= 11 is 0.842. The number of rotatable bonds is 7. The third-order valence-corrected chi connectivity index (χ3v) is 7.45. The monoisotopic (exact) mass is 537 g/mol. The molecule has 7 nitrogen and oxygen atoms in total. The molecule has 0 spiro atoms. The molecule has 3 aromatic carbocycles. The van der Waals surface area contributed by atoms with E-state index >= 15 is 0 Å². The molecule has 39 heavy (non-hydrogen) atoms. The highest BCUT2D eigenvalue weighted by Gasteiger charge is 2.36. The van der Waals surface area contributed by atoms with Gasteiger partial charge in [0.05, 0.1) is 12.0 Å². The van der Waals surface area contributed by atoms with Crippen LogP contribution in [-0.4, -0.2) is 40.2 Å². The summed E-state index contributed by atoms with van der Waals surface area (Å²) in [5, 5.41) is 2.23. The zero-order valence-corrected chi connectivity index (χ0v) is 22.6. The van der Waals surface area contributed by atoms with Crippen molar-refractivity contribution in [2.24, 2.45) is 0 Å². The van der Waals surface area contributed by atoms with Gasteiger partial charge in [0.2, 0.25) is 5.91 Å². The summed E-state index contributed by atoms with van der Waals surface area (Å²) < 4.78 is 7.23. The lowest BCUT2D eigenvalue weighted by Crippen LogP contribution is -2.36. The lowest BCUT2D eigenvalue weighted by Gasteiger charge is -2.12. The molecule has 1 fully saturated rings. The Bertz CT molecular complexity index is 1570. The molecule has 1 aliphatic rings. The van der Waals surface area contributed by atoms with Crippen LogP contribution in [0.4, 0.5) is 10.5 Å². The van der Waals surface area contributed by atoms with E-state index in [1.165, 1.54) is 0 Å². The molecule has 0 saturated carbocycles. The molecule has 2 heterocycles. The van der Waals surface area contributed by atoms with E-state index in [0.29, 0.717) is 11.4 Å². The predicted octanol–water partition coefficient (Wildman–Crippen LogP) is 6.44. The van der Waals surface area contributed by atoms with Crippen molar-refractivity contribution >= 4 is 40.6 Å². The third-order valence-electron chi connectivity index (χ3n) is 6.54. The van der Waals surface area contributed by atoms with Crippen molar-refractivity contribution < 1.29 is 19.1 Å². The standard InChI is InChI=1S/C31H27N3O4S/c1-20-17-24(21(2)34(20)26-13-9-23(10-14-26)22-7-5-4-6-8-22)18-28-30(36)33(31(37)39-28)19-29(35)32-25-11-15-27(38-3)16-12-25/h4-18H,19H2,1-3H3,(H,32,35)/b28-18-. The van der Waals surface area contributed by atoms with E-state index in [1.54, 1.807) is 37.5 Å². The fourth-order valence-electron chi connectivity index (χ4n) is 4.56. The number of thioether (sulfide) groups is 1. The van der Waals surface area contributed by atoms with Crippen molar-refractivity contribution in [1.82, 2.24) is 9.47 Å². The van der Waals surface area contributed by atoms with Crippen LogP contribution >= 0.6 is 11.8 Å². The minimum Gasteiger partial charge on any atom is -0.497 e. The summed E-state index contributed by atoms with van der Waals surface area (Å²) in [4.78, 5) is 39.4. The summed E-state index contributed by atoms with van der Waals surface area (Å²) in [7, 11) is 1.56. The number of nitrogens with one attached hydrogen (secondary N) is 1. The largest absolute Gasteiger partial charge is 0.497 e. The van der Waals surface area contributed by atoms with Crippen molar-refractivity contribution in [1.29, 1.82) is 0 Å². The average molecular weight is 538 g/mol. The molecule has 196 valence electrons. The molecular weight excluding hydrogens is 510 g/mol. The number of imide groups is 1. The first-order chi connectivity index (χ1) is 18.8. The first-order valence-corrected chi connectivity index (χ1v) is 13.2.